The SMILES string of the molecule is CCN1CCCC1CNC(=O)C(=O)NCc1ccc(Cl)cc1. The van der Waals surface area contributed by atoms with Crippen molar-refractivity contribution in [1.29, 1.82) is 0 Å². The number of halogens is 1. The molecule has 0 radical (unpaired) electrons. The zero-order chi connectivity index (χ0) is 15.9. The fourth-order valence-electron chi connectivity index (χ4n) is 2.70. The van der Waals surface area contributed by atoms with Gasteiger partial charge in [-0.15, -0.1) is 0 Å². The maximum absolute atomic E-state index is 11.8. The predicted molar refractivity (Wildman–Crippen MR) is 86.6 cm³/mol. The van der Waals surface area contributed by atoms with E-state index in [1.165, 1.54) is 0 Å². The van der Waals surface area contributed by atoms with Crippen molar-refractivity contribution < 1.29 is 9.59 Å². The van der Waals surface area contributed by atoms with Crippen LogP contribution < -0.4 is 10.6 Å². The number of likely N-dealkylation sites (tertiary alicyclic amines) is 1. The maximum atomic E-state index is 11.8. The van der Waals surface area contributed by atoms with Gasteiger partial charge in [-0.05, 0) is 43.6 Å². The molecule has 1 saturated heterocycles. The lowest BCUT2D eigenvalue weighted by Crippen LogP contribution is -2.45. The van der Waals surface area contributed by atoms with Crippen LogP contribution in [0.5, 0.6) is 0 Å². The summed E-state index contributed by atoms with van der Waals surface area (Å²) >= 11 is 5.80. The first kappa shape index (κ1) is 16.8. The average molecular weight is 324 g/mol. The molecule has 1 unspecified atom stereocenters. The van der Waals surface area contributed by atoms with Gasteiger partial charge in [0.05, 0.1) is 0 Å². The van der Waals surface area contributed by atoms with Crippen LogP contribution in [-0.4, -0.2) is 42.4 Å². The van der Waals surface area contributed by atoms with Gasteiger partial charge in [0.25, 0.3) is 0 Å². The number of hydrogen-bond donors (Lipinski definition) is 2. The summed E-state index contributed by atoms with van der Waals surface area (Å²) in [6.07, 6.45) is 2.22. The zero-order valence-corrected chi connectivity index (χ0v) is 13.5. The summed E-state index contributed by atoms with van der Waals surface area (Å²) in [6.45, 7) is 5.00. The Balaban J connectivity index is 1.72. The van der Waals surface area contributed by atoms with Gasteiger partial charge in [-0.1, -0.05) is 30.7 Å². The number of likely N-dealkylation sites (N-methyl/N-ethyl adjacent to an activating group) is 1. The lowest BCUT2D eigenvalue weighted by atomic mass is 10.2. The van der Waals surface area contributed by atoms with Crippen LogP contribution in [0.3, 0.4) is 0 Å². The number of rotatable bonds is 5. The molecule has 0 bridgehead atoms. The van der Waals surface area contributed by atoms with Gasteiger partial charge in [-0.3, -0.25) is 14.5 Å². The largest absolute Gasteiger partial charge is 0.346 e. The molecule has 2 rings (SSSR count). The van der Waals surface area contributed by atoms with E-state index in [1.807, 2.05) is 12.1 Å². The molecule has 0 spiro atoms. The Morgan fingerprint density at radius 1 is 1.23 bits per heavy atom. The van der Waals surface area contributed by atoms with E-state index in [0.29, 0.717) is 24.2 Å². The molecule has 22 heavy (non-hydrogen) atoms. The van der Waals surface area contributed by atoms with Gasteiger partial charge in [-0.25, -0.2) is 0 Å². The fraction of sp³-hybridized carbons (Fsp3) is 0.500. The normalized spacial score (nSPS) is 18.2. The van der Waals surface area contributed by atoms with Crippen LogP contribution in [0.15, 0.2) is 24.3 Å². The van der Waals surface area contributed by atoms with Crippen LogP contribution in [0, 0.1) is 0 Å². The van der Waals surface area contributed by atoms with Crippen molar-refractivity contribution in [3.63, 3.8) is 0 Å². The van der Waals surface area contributed by atoms with Crippen LogP contribution in [0.4, 0.5) is 0 Å². The lowest BCUT2D eigenvalue weighted by molar-refractivity contribution is -0.139. The van der Waals surface area contributed by atoms with Gasteiger partial charge in [-0.2, -0.15) is 0 Å². The standard InChI is InChI=1S/C16H22ClN3O2/c1-2-20-9-3-4-14(20)11-19-16(22)15(21)18-10-12-5-7-13(17)8-6-12/h5-8,14H,2-4,9-11H2,1H3,(H,18,21)(H,19,22). The fourth-order valence-corrected chi connectivity index (χ4v) is 2.82. The summed E-state index contributed by atoms with van der Waals surface area (Å²) in [7, 11) is 0. The minimum atomic E-state index is -0.601. The zero-order valence-electron chi connectivity index (χ0n) is 12.8. The Labute approximate surface area is 136 Å². The molecule has 1 heterocycles. The monoisotopic (exact) mass is 323 g/mol. The second kappa shape index (κ2) is 8.15. The average Bonchev–Trinajstić information content (AvgIpc) is 2.99. The smallest absolute Gasteiger partial charge is 0.309 e. The first-order valence-electron chi connectivity index (χ1n) is 7.64. The molecule has 0 aromatic heterocycles. The van der Waals surface area contributed by atoms with Crippen molar-refractivity contribution in [3.8, 4) is 0 Å². The third-order valence-corrected chi connectivity index (χ3v) is 4.23. The molecule has 6 heteroatoms. The van der Waals surface area contributed by atoms with Gasteiger partial charge >= 0.3 is 11.8 Å². The minimum absolute atomic E-state index is 0.313. The molecular weight excluding hydrogens is 302 g/mol. The van der Waals surface area contributed by atoms with Gasteiger partial charge in [0.2, 0.25) is 0 Å². The van der Waals surface area contributed by atoms with Crippen LogP contribution in [0.1, 0.15) is 25.3 Å². The first-order valence-corrected chi connectivity index (χ1v) is 8.02. The van der Waals surface area contributed by atoms with E-state index in [0.717, 1.165) is 31.5 Å². The van der Waals surface area contributed by atoms with E-state index >= 15 is 0 Å². The highest BCUT2D eigenvalue weighted by Gasteiger charge is 2.24. The summed E-state index contributed by atoms with van der Waals surface area (Å²) in [5.74, 6) is -1.17. The van der Waals surface area contributed by atoms with E-state index in [1.54, 1.807) is 12.1 Å². The molecule has 2 amide bonds. The highest BCUT2D eigenvalue weighted by molar-refractivity contribution is 6.35. The molecule has 1 aromatic carbocycles. The highest BCUT2D eigenvalue weighted by Crippen LogP contribution is 2.15. The molecule has 0 saturated carbocycles. The Kier molecular flexibility index (Phi) is 6.21. The lowest BCUT2D eigenvalue weighted by Gasteiger charge is -2.22. The van der Waals surface area contributed by atoms with Crippen LogP contribution >= 0.6 is 11.6 Å². The van der Waals surface area contributed by atoms with Crippen molar-refractivity contribution >= 4 is 23.4 Å². The van der Waals surface area contributed by atoms with E-state index in [4.69, 9.17) is 11.6 Å². The van der Waals surface area contributed by atoms with E-state index in [9.17, 15) is 9.59 Å². The third kappa shape index (κ3) is 4.71. The molecule has 1 fully saturated rings. The minimum Gasteiger partial charge on any atom is -0.346 e. The molecule has 1 aliphatic heterocycles. The number of carbonyl (C=O) groups is 2. The summed E-state index contributed by atoms with van der Waals surface area (Å²) in [6, 6.07) is 7.49. The van der Waals surface area contributed by atoms with Crippen molar-refractivity contribution in [2.45, 2.75) is 32.4 Å². The van der Waals surface area contributed by atoms with Gasteiger partial charge in [0.15, 0.2) is 0 Å². The number of nitrogens with zero attached hydrogens (tertiary/aromatic N) is 1. The molecule has 2 N–H and O–H groups in total. The first-order chi connectivity index (χ1) is 10.6. The van der Waals surface area contributed by atoms with Crippen LogP contribution in [0.2, 0.25) is 5.02 Å². The second-order valence-electron chi connectivity index (χ2n) is 5.44. The molecule has 1 aromatic rings. The van der Waals surface area contributed by atoms with Crippen LogP contribution in [-0.2, 0) is 16.1 Å². The number of hydrogen-bond acceptors (Lipinski definition) is 3. The van der Waals surface area contributed by atoms with Gasteiger partial charge in [0.1, 0.15) is 0 Å². The molecule has 1 atom stereocenters. The Bertz CT molecular complexity index is 519. The van der Waals surface area contributed by atoms with Crippen molar-refractivity contribution in [3.05, 3.63) is 34.9 Å². The number of carbonyl (C=O) groups excluding carboxylic acids is 2. The summed E-state index contributed by atoms with van der Waals surface area (Å²) < 4.78 is 0. The molecule has 5 nitrogen and oxygen atoms in total. The molecule has 1 aliphatic rings. The van der Waals surface area contributed by atoms with Crippen LogP contribution in [0.25, 0.3) is 0 Å². The summed E-state index contributed by atoms with van der Waals surface area (Å²) in [5, 5.41) is 5.97. The predicted octanol–water partition coefficient (Wildman–Crippen LogP) is 1.56. The van der Waals surface area contributed by atoms with E-state index in [2.05, 4.69) is 22.5 Å². The van der Waals surface area contributed by atoms with Gasteiger partial charge < -0.3 is 10.6 Å². The van der Waals surface area contributed by atoms with Crippen molar-refractivity contribution in [2.24, 2.45) is 0 Å². The number of nitrogens with one attached hydrogen (secondary N) is 2. The molecular formula is C16H22ClN3O2. The van der Waals surface area contributed by atoms with E-state index < -0.39 is 11.8 Å². The second-order valence-corrected chi connectivity index (χ2v) is 5.88. The topological polar surface area (TPSA) is 61.4 Å². The van der Waals surface area contributed by atoms with Crippen molar-refractivity contribution in [2.75, 3.05) is 19.6 Å². The van der Waals surface area contributed by atoms with Gasteiger partial charge in [0, 0.05) is 24.2 Å². The van der Waals surface area contributed by atoms with E-state index in [-0.39, 0.29) is 0 Å². The Morgan fingerprint density at radius 3 is 2.59 bits per heavy atom. The maximum Gasteiger partial charge on any atom is 0.309 e. The summed E-state index contributed by atoms with van der Waals surface area (Å²) in [4.78, 5) is 25.9. The quantitative estimate of drug-likeness (QED) is 0.808. The number of benzene rings is 1. The summed E-state index contributed by atoms with van der Waals surface area (Å²) in [5.41, 5.74) is 0.901. The molecule has 120 valence electrons. The Hall–Kier alpha value is -1.59. The third-order valence-electron chi connectivity index (χ3n) is 3.98. The number of amides is 2. The highest BCUT2D eigenvalue weighted by atomic mass is 35.5. The Morgan fingerprint density at radius 2 is 1.91 bits per heavy atom. The molecule has 0 aliphatic carbocycles. The van der Waals surface area contributed by atoms with Crippen molar-refractivity contribution in [1.82, 2.24) is 15.5 Å².